The molecule has 1 aliphatic heterocycles. The van der Waals surface area contributed by atoms with Crippen molar-refractivity contribution in [3.8, 4) is 17.0 Å². The van der Waals surface area contributed by atoms with E-state index in [4.69, 9.17) is 49.0 Å². The number of likely N-dealkylation sites (tertiary alicyclic amines) is 1. The van der Waals surface area contributed by atoms with Gasteiger partial charge in [0.1, 0.15) is 11.6 Å². The number of fused-ring (bicyclic) bond motifs is 1. The molecule has 2 N–H and O–H groups in total. The molecule has 17 heteroatoms. The van der Waals surface area contributed by atoms with Crippen molar-refractivity contribution in [2.75, 3.05) is 30.8 Å². The number of rotatable bonds is 8. The van der Waals surface area contributed by atoms with Crippen LogP contribution in [0.5, 0.6) is 5.88 Å². The maximum Gasteiger partial charge on any atom is 0.411 e. The van der Waals surface area contributed by atoms with Crippen LogP contribution in [0.15, 0.2) is 53.7 Å². The first kappa shape index (κ1) is 35.2. The third-order valence-electron chi connectivity index (χ3n) is 7.21. The number of pyridine rings is 1. The van der Waals surface area contributed by atoms with Gasteiger partial charge in [-0.15, -0.1) is 0 Å². The number of hydrogen-bond donors (Lipinski definition) is 2. The highest BCUT2D eigenvalue weighted by Crippen LogP contribution is 2.41. The molecular weight excluding hydrogens is 707 g/mol. The Morgan fingerprint density at radius 3 is 2.46 bits per heavy atom. The summed E-state index contributed by atoms with van der Waals surface area (Å²) in [6.45, 7) is 5.41. The molecule has 13 nitrogen and oxygen atoms in total. The highest BCUT2D eigenvalue weighted by molar-refractivity contribution is 7.92. The molecule has 0 aliphatic carbocycles. The average molecular weight is 738 g/mol. The lowest BCUT2D eigenvalue weighted by Gasteiger charge is -2.27. The maximum atomic E-state index is 13.3. The Balaban J connectivity index is 1.38. The quantitative estimate of drug-likeness (QED) is 0.192. The van der Waals surface area contributed by atoms with Crippen molar-refractivity contribution in [3.05, 3.63) is 63.9 Å². The molecule has 48 heavy (non-hydrogen) atoms. The fraction of sp³-hybridized carbons (Fsp3) is 0.323. The van der Waals surface area contributed by atoms with Crippen LogP contribution in [-0.4, -0.2) is 78.8 Å². The smallest absolute Gasteiger partial charge is 0.411 e. The molecule has 0 radical (unpaired) electrons. The van der Waals surface area contributed by atoms with Gasteiger partial charge in [-0.25, -0.2) is 33.0 Å². The third-order valence-corrected chi connectivity index (χ3v) is 9.48. The van der Waals surface area contributed by atoms with Gasteiger partial charge in [0, 0.05) is 42.4 Å². The van der Waals surface area contributed by atoms with Gasteiger partial charge in [0.05, 0.1) is 40.5 Å². The van der Waals surface area contributed by atoms with Crippen LogP contribution in [0.4, 0.5) is 16.4 Å². The normalized spacial score (nSPS) is 16.5. The highest BCUT2D eigenvalue weighted by atomic mass is 35.5. The van der Waals surface area contributed by atoms with Crippen molar-refractivity contribution in [2.45, 2.75) is 49.8 Å². The van der Waals surface area contributed by atoms with Crippen molar-refractivity contribution in [1.29, 1.82) is 0 Å². The zero-order valence-electron chi connectivity index (χ0n) is 26.4. The van der Waals surface area contributed by atoms with Gasteiger partial charge in [-0.2, -0.15) is 0 Å². The number of benzene rings is 2. The minimum Gasteiger partial charge on any atom is -0.480 e. The Hall–Kier alpha value is -4.11. The predicted molar refractivity (Wildman–Crippen MR) is 182 cm³/mol. The predicted octanol–water partition coefficient (Wildman–Crippen LogP) is 6.42. The third kappa shape index (κ3) is 7.62. The van der Waals surface area contributed by atoms with Crippen LogP contribution in [0.1, 0.15) is 27.2 Å². The molecule has 2 atom stereocenters. The zero-order chi connectivity index (χ0) is 35.0. The fourth-order valence-electron chi connectivity index (χ4n) is 5.11. The summed E-state index contributed by atoms with van der Waals surface area (Å²) in [5.41, 5.74) is 0.857. The van der Waals surface area contributed by atoms with Crippen molar-refractivity contribution < 1.29 is 32.2 Å². The molecule has 254 valence electrons. The van der Waals surface area contributed by atoms with Crippen LogP contribution in [0, 0.1) is 0 Å². The topological polar surface area (TPSA) is 162 Å². The van der Waals surface area contributed by atoms with Crippen LogP contribution in [0.3, 0.4) is 0 Å². The molecule has 3 heterocycles. The van der Waals surface area contributed by atoms with Gasteiger partial charge in [0.15, 0.2) is 4.90 Å². The number of anilines is 2. The lowest BCUT2D eigenvalue weighted by Crippen LogP contribution is -2.44. The number of amides is 1. The Morgan fingerprint density at radius 1 is 1.02 bits per heavy atom. The second kappa shape index (κ2) is 13.8. The van der Waals surface area contributed by atoms with Crippen LogP contribution in [0.2, 0.25) is 15.1 Å². The Labute approximate surface area is 291 Å². The van der Waals surface area contributed by atoms with Crippen LogP contribution in [0.25, 0.3) is 22.0 Å². The Bertz CT molecular complexity index is 2010. The number of aromatic nitrogens is 3. The van der Waals surface area contributed by atoms with E-state index in [1.165, 1.54) is 43.5 Å². The number of sulfonamides is 1. The molecule has 5 rings (SSSR count). The van der Waals surface area contributed by atoms with Crippen molar-refractivity contribution in [3.63, 3.8) is 0 Å². The minimum absolute atomic E-state index is 0.0505. The molecule has 2 aromatic carbocycles. The van der Waals surface area contributed by atoms with E-state index < -0.39 is 33.7 Å². The first-order valence-electron chi connectivity index (χ1n) is 14.4. The summed E-state index contributed by atoms with van der Waals surface area (Å²) in [5.74, 6) is -0.405. The van der Waals surface area contributed by atoms with E-state index in [-0.39, 0.29) is 56.5 Å². The summed E-state index contributed by atoms with van der Waals surface area (Å²) < 4.78 is 44.5. The molecule has 2 aromatic heterocycles. The molecule has 1 fully saturated rings. The number of esters is 1. The monoisotopic (exact) mass is 736 g/mol. The van der Waals surface area contributed by atoms with Crippen LogP contribution < -0.4 is 14.8 Å². The number of carbonyl (C=O) groups excluding carboxylic acids is 2. The number of nitrogens with one attached hydrogen (secondary N) is 2. The van der Waals surface area contributed by atoms with E-state index in [1.807, 2.05) is 0 Å². The fourth-order valence-corrected chi connectivity index (χ4v) is 7.25. The molecule has 1 aliphatic rings. The first-order valence-corrected chi connectivity index (χ1v) is 17.0. The van der Waals surface area contributed by atoms with E-state index in [2.05, 4.69) is 25.0 Å². The van der Waals surface area contributed by atoms with E-state index in [0.717, 1.165) is 0 Å². The molecule has 0 spiro atoms. The lowest BCUT2D eigenvalue weighted by atomic mass is 10.0. The summed E-state index contributed by atoms with van der Waals surface area (Å²) in [6, 6.07) is 8.23. The van der Waals surface area contributed by atoms with Gasteiger partial charge in [-0.3, -0.25) is 9.62 Å². The molecule has 4 aromatic rings. The van der Waals surface area contributed by atoms with E-state index in [1.54, 1.807) is 45.2 Å². The van der Waals surface area contributed by atoms with Gasteiger partial charge in [-0.1, -0.05) is 40.9 Å². The number of hydrogen-bond acceptors (Lipinski definition) is 11. The molecule has 0 saturated carbocycles. The minimum atomic E-state index is -4.22. The van der Waals surface area contributed by atoms with Gasteiger partial charge in [0.25, 0.3) is 10.0 Å². The van der Waals surface area contributed by atoms with Crippen LogP contribution in [-0.2, 0) is 24.3 Å². The van der Waals surface area contributed by atoms with Crippen molar-refractivity contribution in [2.24, 2.45) is 0 Å². The van der Waals surface area contributed by atoms with Gasteiger partial charge < -0.3 is 19.5 Å². The molecular formula is C31H31Cl3N6O7S. The molecule has 1 saturated heterocycles. The van der Waals surface area contributed by atoms with E-state index in [9.17, 15) is 18.0 Å². The Kier molecular flexibility index (Phi) is 10.1. The summed E-state index contributed by atoms with van der Waals surface area (Å²) >= 11 is 19.3. The largest absolute Gasteiger partial charge is 0.480 e. The maximum absolute atomic E-state index is 13.3. The number of carbonyl (C=O) groups is 2. The SMILES string of the molecule is COC(=O)[C@H]1C[C@H](Nc2ncc3cc(-c4c(Cl)ccc(NS(=O)(=O)c5cc(Cl)cnc5OC)c4Cl)ccc3n2)CN1C(=O)OC(C)(C)C. The number of ether oxygens (including phenoxy) is 3. The molecule has 1 amide bonds. The summed E-state index contributed by atoms with van der Waals surface area (Å²) in [6.07, 6.45) is 2.51. The second-order valence-electron chi connectivity index (χ2n) is 11.8. The van der Waals surface area contributed by atoms with Gasteiger partial charge in [0.2, 0.25) is 11.8 Å². The molecule has 0 unspecified atom stereocenters. The number of nitrogens with zero attached hydrogens (tertiary/aromatic N) is 4. The van der Waals surface area contributed by atoms with Gasteiger partial charge >= 0.3 is 12.1 Å². The van der Waals surface area contributed by atoms with Gasteiger partial charge in [-0.05, 0) is 56.7 Å². The van der Waals surface area contributed by atoms with E-state index >= 15 is 0 Å². The van der Waals surface area contributed by atoms with Crippen LogP contribution >= 0.6 is 34.8 Å². The van der Waals surface area contributed by atoms with E-state index in [0.29, 0.717) is 22.0 Å². The number of methoxy groups -OCH3 is 2. The first-order chi connectivity index (χ1) is 22.6. The summed E-state index contributed by atoms with van der Waals surface area (Å²) in [7, 11) is -1.66. The Morgan fingerprint density at radius 2 is 1.77 bits per heavy atom. The number of halogens is 3. The standard InChI is InChI=1S/C31H31Cl3N6O7S/c1-31(2,3)47-30(42)40-15-19(12-23(40)28(41)46-5)37-29-36-13-17-10-16(6-8-21(17)38-29)25-20(33)7-9-22(26(25)34)39-48(43,44)24-11-18(32)14-35-27(24)45-4/h6-11,13-14,19,23,39H,12,15H2,1-5H3,(H,36,37,38)/t19-,23+/m0/s1. The second-order valence-corrected chi connectivity index (χ2v) is 14.6. The van der Waals surface area contributed by atoms with Crippen molar-refractivity contribution >= 4 is 79.4 Å². The van der Waals surface area contributed by atoms with Crippen molar-refractivity contribution in [1.82, 2.24) is 19.9 Å². The lowest BCUT2D eigenvalue weighted by molar-refractivity contribution is -0.145. The summed E-state index contributed by atoms with van der Waals surface area (Å²) in [5, 5.41) is 4.27. The highest BCUT2D eigenvalue weighted by Gasteiger charge is 2.42. The zero-order valence-corrected chi connectivity index (χ0v) is 29.5. The average Bonchev–Trinajstić information content (AvgIpc) is 3.45. The molecule has 0 bridgehead atoms. The summed E-state index contributed by atoms with van der Waals surface area (Å²) in [4.78, 5) is 39.3.